The molecule has 9 heteroatoms. The maximum absolute atomic E-state index is 11.3. The molecule has 9 nitrogen and oxygen atoms in total. The number of aromatic nitrogens is 5. The van der Waals surface area contributed by atoms with E-state index in [0.717, 1.165) is 11.3 Å². The molecule has 1 aromatic carbocycles. The summed E-state index contributed by atoms with van der Waals surface area (Å²) in [6.45, 7) is 0. The monoisotopic (exact) mass is 364 g/mol. The average molecular weight is 364 g/mol. The van der Waals surface area contributed by atoms with Gasteiger partial charge in [-0.1, -0.05) is 0 Å². The van der Waals surface area contributed by atoms with Crippen LogP contribution >= 0.6 is 0 Å². The second kappa shape index (κ2) is 6.79. The van der Waals surface area contributed by atoms with Gasteiger partial charge in [-0.25, -0.2) is 4.52 Å². The van der Waals surface area contributed by atoms with Gasteiger partial charge in [0.25, 0.3) is 0 Å². The van der Waals surface area contributed by atoms with Crippen molar-refractivity contribution in [1.82, 2.24) is 24.6 Å². The molecule has 0 aliphatic carbocycles. The minimum Gasteiger partial charge on any atom is -0.497 e. The second-order valence-electron chi connectivity index (χ2n) is 5.65. The highest BCUT2D eigenvalue weighted by molar-refractivity contribution is 5.74. The van der Waals surface area contributed by atoms with Gasteiger partial charge in [0.2, 0.25) is 11.5 Å². The van der Waals surface area contributed by atoms with E-state index in [9.17, 15) is 4.79 Å². The first kappa shape index (κ1) is 16.6. The van der Waals surface area contributed by atoms with Gasteiger partial charge in [0.15, 0.2) is 5.65 Å². The first-order valence-electron chi connectivity index (χ1n) is 8.07. The Balaban J connectivity index is 1.73. The summed E-state index contributed by atoms with van der Waals surface area (Å²) >= 11 is 0. The number of fused-ring (bicyclic) bond motifs is 1. The van der Waals surface area contributed by atoms with E-state index >= 15 is 0 Å². The molecule has 0 fully saturated rings. The third-order valence-corrected chi connectivity index (χ3v) is 3.92. The number of rotatable bonds is 5. The highest BCUT2D eigenvalue weighted by Gasteiger charge is 2.12. The van der Waals surface area contributed by atoms with E-state index in [-0.39, 0.29) is 5.56 Å². The molecule has 0 radical (unpaired) electrons. The molecule has 2 N–H and O–H groups in total. The predicted octanol–water partition coefficient (Wildman–Crippen LogP) is 2.24. The molecule has 0 atom stereocenters. The second-order valence-corrected chi connectivity index (χ2v) is 5.65. The third-order valence-electron chi connectivity index (χ3n) is 3.92. The Morgan fingerprint density at radius 3 is 2.56 bits per heavy atom. The fourth-order valence-corrected chi connectivity index (χ4v) is 2.64. The normalized spacial score (nSPS) is 10.7. The van der Waals surface area contributed by atoms with Crippen molar-refractivity contribution in [2.75, 3.05) is 19.5 Å². The van der Waals surface area contributed by atoms with E-state index in [0.29, 0.717) is 28.8 Å². The van der Waals surface area contributed by atoms with Crippen molar-refractivity contribution in [3.63, 3.8) is 0 Å². The van der Waals surface area contributed by atoms with Crippen LogP contribution in [0.4, 0.5) is 11.6 Å². The summed E-state index contributed by atoms with van der Waals surface area (Å²) in [6, 6.07) is 8.54. The summed E-state index contributed by atoms with van der Waals surface area (Å²) in [5.41, 5.74) is 2.45. The third kappa shape index (κ3) is 3.30. The van der Waals surface area contributed by atoms with Crippen molar-refractivity contribution in [2.45, 2.75) is 0 Å². The van der Waals surface area contributed by atoms with Gasteiger partial charge in [0.1, 0.15) is 17.2 Å². The fourth-order valence-electron chi connectivity index (χ4n) is 2.64. The minimum atomic E-state index is -0.179. The van der Waals surface area contributed by atoms with Crippen LogP contribution in [0.5, 0.6) is 11.5 Å². The minimum absolute atomic E-state index is 0.179. The molecule has 4 aromatic rings. The Bertz CT molecular complexity index is 1120. The molecule has 0 unspecified atom stereocenters. The molecule has 0 aliphatic heterocycles. The number of hydrogen-bond donors (Lipinski definition) is 2. The van der Waals surface area contributed by atoms with Crippen molar-refractivity contribution in [3.05, 3.63) is 59.3 Å². The number of ether oxygens (including phenoxy) is 2. The lowest BCUT2D eigenvalue weighted by Gasteiger charge is -2.08. The van der Waals surface area contributed by atoms with Crippen molar-refractivity contribution in [1.29, 1.82) is 0 Å². The lowest BCUT2D eigenvalue weighted by Crippen LogP contribution is -2.02. The van der Waals surface area contributed by atoms with Gasteiger partial charge >= 0.3 is 0 Å². The molecule has 0 amide bonds. The number of hydrogen-bond acceptors (Lipinski definition) is 7. The number of nitrogens with zero attached hydrogens (tertiary/aromatic N) is 4. The van der Waals surface area contributed by atoms with Crippen LogP contribution in [0, 0.1) is 0 Å². The largest absolute Gasteiger partial charge is 0.497 e. The number of pyridine rings is 1. The van der Waals surface area contributed by atoms with Crippen molar-refractivity contribution in [2.24, 2.45) is 0 Å². The van der Waals surface area contributed by atoms with E-state index in [1.165, 1.54) is 6.07 Å². The van der Waals surface area contributed by atoms with Crippen LogP contribution in [-0.4, -0.2) is 38.8 Å². The maximum atomic E-state index is 11.3. The Hall–Kier alpha value is -3.88. The van der Waals surface area contributed by atoms with Gasteiger partial charge in [-0.3, -0.25) is 9.78 Å². The van der Waals surface area contributed by atoms with E-state index in [4.69, 9.17) is 9.47 Å². The zero-order chi connectivity index (χ0) is 18.8. The van der Waals surface area contributed by atoms with Crippen LogP contribution in [-0.2, 0) is 0 Å². The van der Waals surface area contributed by atoms with Crippen LogP contribution < -0.4 is 20.3 Å². The van der Waals surface area contributed by atoms with E-state index in [2.05, 4.69) is 25.4 Å². The van der Waals surface area contributed by atoms with Crippen molar-refractivity contribution >= 4 is 17.3 Å². The van der Waals surface area contributed by atoms with Crippen molar-refractivity contribution < 1.29 is 9.47 Å². The van der Waals surface area contributed by atoms with Crippen LogP contribution in [0.3, 0.4) is 0 Å². The lowest BCUT2D eigenvalue weighted by atomic mass is 10.2. The van der Waals surface area contributed by atoms with Crippen molar-refractivity contribution in [3.8, 4) is 22.8 Å². The number of H-pyrrole nitrogens is 1. The number of methoxy groups -OCH3 is 2. The van der Waals surface area contributed by atoms with Gasteiger partial charge in [-0.2, -0.15) is 4.98 Å². The standard InChI is InChI=1S/C18H16N6O3/c1-26-13-7-12(8-14(9-13)27-2)21-18-22-17-16(19-5-6-24(17)23-18)11-3-4-15(25)20-10-11/h3-10H,1-2H3,(H,20,25)(H,21,23). The number of benzene rings is 1. The summed E-state index contributed by atoms with van der Waals surface area (Å²) in [5.74, 6) is 1.69. The summed E-state index contributed by atoms with van der Waals surface area (Å²) in [5, 5.41) is 7.57. The number of anilines is 2. The molecule has 27 heavy (non-hydrogen) atoms. The average Bonchev–Trinajstić information content (AvgIpc) is 3.10. The number of aromatic amines is 1. The van der Waals surface area contributed by atoms with Crippen LogP contribution in [0.2, 0.25) is 0 Å². The zero-order valence-electron chi connectivity index (χ0n) is 14.6. The molecular formula is C18H16N6O3. The molecule has 0 aliphatic rings. The van der Waals surface area contributed by atoms with Gasteiger partial charge < -0.3 is 19.8 Å². The quantitative estimate of drug-likeness (QED) is 0.559. The molecule has 0 saturated carbocycles. The molecule has 0 bridgehead atoms. The van der Waals surface area contributed by atoms with Gasteiger partial charge in [0, 0.05) is 54.1 Å². The van der Waals surface area contributed by atoms with Crippen LogP contribution in [0.15, 0.2) is 53.7 Å². The van der Waals surface area contributed by atoms with E-state index < -0.39 is 0 Å². The van der Waals surface area contributed by atoms with Crippen LogP contribution in [0.25, 0.3) is 16.9 Å². The van der Waals surface area contributed by atoms with Gasteiger partial charge in [-0.05, 0) is 6.07 Å². The molecule has 0 saturated heterocycles. The number of nitrogens with one attached hydrogen (secondary N) is 2. The SMILES string of the molecule is COc1cc(Nc2nc3c(-c4ccc(=O)[nH]c4)nccn3n2)cc(OC)c1. The molecule has 0 spiro atoms. The molecule has 3 aromatic heterocycles. The molecule has 4 rings (SSSR count). The Kier molecular flexibility index (Phi) is 4.17. The smallest absolute Gasteiger partial charge is 0.247 e. The topological polar surface area (TPSA) is 106 Å². The summed E-state index contributed by atoms with van der Waals surface area (Å²) in [6.07, 6.45) is 4.93. The Morgan fingerprint density at radius 2 is 1.89 bits per heavy atom. The zero-order valence-corrected chi connectivity index (χ0v) is 14.6. The summed E-state index contributed by atoms with van der Waals surface area (Å²) < 4.78 is 12.2. The van der Waals surface area contributed by atoms with Gasteiger partial charge in [0.05, 0.1) is 14.2 Å². The maximum Gasteiger partial charge on any atom is 0.247 e. The first-order chi connectivity index (χ1) is 13.2. The van der Waals surface area contributed by atoms with Crippen LogP contribution in [0.1, 0.15) is 0 Å². The molecule has 136 valence electrons. The lowest BCUT2D eigenvalue weighted by molar-refractivity contribution is 0.395. The molecule has 3 heterocycles. The Morgan fingerprint density at radius 1 is 1.11 bits per heavy atom. The highest BCUT2D eigenvalue weighted by atomic mass is 16.5. The summed E-state index contributed by atoms with van der Waals surface area (Å²) in [7, 11) is 3.17. The highest BCUT2D eigenvalue weighted by Crippen LogP contribution is 2.28. The first-order valence-corrected chi connectivity index (χ1v) is 8.07. The fraction of sp³-hybridized carbons (Fsp3) is 0.111. The molecular weight excluding hydrogens is 348 g/mol. The summed E-state index contributed by atoms with van der Waals surface area (Å²) in [4.78, 5) is 22.8. The van der Waals surface area contributed by atoms with E-state index in [1.54, 1.807) is 49.5 Å². The van der Waals surface area contributed by atoms with E-state index in [1.807, 2.05) is 12.1 Å². The Labute approximate surface area is 153 Å². The predicted molar refractivity (Wildman–Crippen MR) is 99.7 cm³/mol. The van der Waals surface area contributed by atoms with Gasteiger partial charge in [-0.15, -0.1) is 5.10 Å².